The van der Waals surface area contributed by atoms with Crippen LogP contribution in [-0.4, -0.2) is 19.5 Å². The lowest BCUT2D eigenvalue weighted by Gasteiger charge is -2.40. The number of hydrogen-bond donors (Lipinski definition) is 1. The predicted octanol–water partition coefficient (Wildman–Crippen LogP) is 6.77. The number of nitrogens with one attached hydrogen (secondary N) is 1. The second-order valence-electron chi connectivity index (χ2n) is 9.65. The zero-order valence-electron chi connectivity index (χ0n) is 19.5. The molecule has 34 heavy (non-hydrogen) atoms. The van der Waals surface area contributed by atoms with Gasteiger partial charge in [0.1, 0.15) is 6.61 Å². The van der Waals surface area contributed by atoms with Crippen LogP contribution in [0.2, 0.25) is 0 Å². The Morgan fingerprint density at radius 3 is 2.74 bits per heavy atom. The first-order valence-electron chi connectivity index (χ1n) is 11.3. The molecule has 1 aliphatic carbocycles. The molecule has 1 atom stereocenters. The van der Waals surface area contributed by atoms with Crippen LogP contribution < -0.4 is 14.8 Å². The van der Waals surface area contributed by atoms with Crippen molar-refractivity contribution in [2.45, 2.75) is 32.7 Å². The second-order valence-corrected chi connectivity index (χ2v) is 10.8. The molecule has 3 aromatic rings. The van der Waals surface area contributed by atoms with Gasteiger partial charge in [-0.2, -0.15) is 0 Å². The fourth-order valence-corrected chi connectivity index (χ4v) is 6.03. The number of terminal acetylenes is 1. The third kappa shape index (κ3) is 3.84. The van der Waals surface area contributed by atoms with Crippen molar-refractivity contribution in [3.63, 3.8) is 0 Å². The molecule has 0 saturated heterocycles. The minimum atomic E-state index is -0.267. The number of benzene rings is 3. The average Bonchev–Trinajstić information content (AvgIpc) is 2.81. The van der Waals surface area contributed by atoms with E-state index in [1.165, 1.54) is 10.8 Å². The first-order valence-corrected chi connectivity index (χ1v) is 12.4. The average molecular weight is 563 g/mol. The van der Waals surface area contributed by atoms with Gasteiger partial charge >= 0.3 is 0 Å². The molecular weight excluding hydrogens is 537 g/mol. The van der Waals surface area contributed by atoms with Crippen LogP contribution in [0.25, 0.3) is 16.3 Å². The molecule has 1 N–H and O–H groups in total. The molecule has 1 heterocycles. The van der Waals surface area contributed by atoms with Gasteiger partial charge in [-0.25, -0.2) is 0 Å². The molecular formula is C29H26INO3. The van der Waals surface area contributed by atoms with Gasteiger partial charge < -0.3 is 14.8 Å². The number of halogens is 1. The fraction of sp³-hybridized carbons (Fsp3) is 0.276. The van der Waals surface area contributed by atoms with Crippen LogP contribution in [-0.2, 0) is 4.79 Å². The van der Waals surface area contributed by atoms with E-state index < -0.39 is 0 Å². The van der Waals surface area contributed by atoms with E-state index >= 15 is 0 Å². The van der Waals surface area contributed by atoms with E-state index in [1.807, 2.05) is 6.07 Å². The van der Waals surface area contributed by atoms with Crippen LogP contribution in [0.1, 0.15) is 43.9 Å². The number of hydrogen-bond acceptors (Lipinski definition) is 4. The highest BCUT2D eigenvalue weighted by molar-refractivity contribution is 14.1. The van der Waals surface area contributed by atoms with Crippen molar-refractivity contribution in [3.05, 3.63) is 68.8 Å². The van der Waals surface area contributed by atoms with Crippen LogP contribution in [0.15, 0.2) is 54.1 Å². The Hall–Kier alpha value is -2.98. The standard InChI is InChI=1S/C29H26INO3/c1-5-12-34-28-21(30)13-18(14-24(28)33-4)27-26-20(15-29(2,3)16-23(26)32)25-19-9-7-6-8-17(19)10-11-22(25)31-27/h1,6-11,13-14,27,31H,12,15-16H2,2-4H3/t27-/m0/s1. The van der Waals surface area contributed by atoms with Gasteiger partial charge in [0.05, 0.1) is 16.7 Å². The number of ketones is 1. The van der Waals surface area contributed by atoms with Gasteiger partial charge in [0, 0.05) is 23.2 Å². The number of carbonyl (C=O) groups excluding carboxylic acids is 1. The summed E-state index contributed by atoms with van der Waals surface area (Å²) in [6.07, 6.45) is 6.77. The number of fused-ring (bicyclic) bond motifs is 4. The SMILES string of the molecule is C#CCOc1c(I)cc([C@@H]2Nc3ccc4ccccc4c3C3=C2C(=O)CC(C)(C)C3)cc1OC. The van der Waals surface area contributed by atoms with E-state index in [9.17, 15) is 4.79 Å². The lowest BCUT2D eigenvalue weighted by Crippen LogP contribution is -2.33. The summed E-state index contributed by atoms with van der Waals surface area (Å²) in [5, 5.41) is 6.04. The Morgan fingerprint density at radius 2 is 1.97 bits per heavy atom. The summed E-state index contributed by atoms with van der Waals surface area (Å²) in [6, 6.07) is 16.4. The Morgan fingerprint density at radius 1 is 1.18 bits per heavy atom. The van der Waals surface area contributed by atoms with Crippen molar-refractivity contribution in [2.75, 3.05) is 19.0 Å². The molecule has 4 nitrogen and oxygen atoms in total. The number of allylic oxidation sites excluding steroid dienone is 1. The lowest BCUT2D eigenvalue weighted by atomic mass is 9.68. The Balaban J connectivity index is 1.73. The number of anilines is 1. The van der Waals surface area contributed by atoms with E-state index in [0.717, 1.165) is 38.0 Å². The van der Waals surface area contributed by atoms with Crippen molar-refractivity contribution in [1.82, 2.24) is 0 Å². The van der Waals surface area contributed by atoms with Crippen molar-refractivity contribution in [3.8, 4) is 23.8 Å². The van der Waals surface area contributed by atoms with Crippen molar-refractivity contribution < 1.29 is 14.3 Å². The van der Waals surface area contributed by atoms with Crippen molar-refractivity contribution >= 4 is 50.4 Å². The zero-order chi connectivity index (χ0) is 24.0. The fourth-order valence-electron chi connectivity index (χ4n) is 5.25. The van der Waals surface area contributed by atoms with Gasteiger partial charge in [-0.05, 0) is 74.5 Å². The maximum atomic E-state index is 13.6. The molecule has 1 aliphatic heterocycles. The Labute approximate surface area is 213 Å². The smallest absolute Gasteiger partial charge is 0.175 e. The molecule has 2 aliphatic rings. The summed E-state index contributed by atoms with van der Waals surface area (Å²) < 4.78 is 12.3. The summed E-state index contributed by atoms with van der Waals surface area (Å²) in [5.74, 6) is 3.93. The summed E-state index contributed by atoms with van der Waals surface area (Å²) in [4.78, 5) is 13.6. The van der Waals surface area contributed by atoms with E-state index in [-0.39, 0.29) is 23.8 Å². The van der Waals surface area contributed by atoms with Crippen LogP contribution >= 0.6 is 22.6 Å². The Kier molecular flexibility index (Phi) is 5.81. The van der Waals surface area contributed by atoms with Gasteiger partial charge in [-0.1, -0.05) is 50.1 Å². The third-order valence-corrected chi connectivity index (χ3v) is 7.43. The number of ether oxygens (including phenoxy) is 2. The minimum absolute atomic E-state index is 0.0922. The number of carbonyl (C=O) groups is 1. The van der Waals surface area contributed by atoms with E-state index in [2.05, 4.69) is 90.1 Å². The van der Waals surface area contributed by atoms with Gasteiger partial charge in [0.25, 0.3) is 0 Å². The molecule has 0 radical (unpaired) electrons. The minimum Gasteiger partial charge on any atom is -0.493 e. The molecule has 172 valence electrons. The van der Waals surface area contributed by atoms with Gasteiger partial charge in [0.2, 0.25) is 0 Å². The zero-order valence-corrected chi connectivity index (χ0v) is 21.7. The second kappa shape index (κ2) is 8.66. The molecule has 5 heteroatoms. The highest BCUT2D eigenvalue weighted by Crippen LogP contribution is 2.52. The first kappa shape index (κ1) is 22.8. The Bertz CT molecular complexity index is 1400. The lowest BCUT2D eigenvalue weighted by molar-refractivity contribution is -0.118. The van der Waals surface area contributed by atoms with Crippen LogP contribution in [0.4, 0.5) is 5.69 Å². The molecule has 0 spiro atoms. The molecule has 0 unspecified atom stereocenters. The first-order chi connectivity index (χ1) is 16.3. The summed E-state index contributed by atoms with van der Waals surface area (Å²) in [6.45, 7) is 4.52. The maximum absolute atomic E-state index is 13.6. The predicted molar refractivity (Wildman–Crippen MR) is 145 cm³/mol. The molecule has 0 fully saturated rings. The van der Waals surface area contributed by atoms with Crippen LogP contribution in [0.5, 0.6) is 11.5 Å². The molecule has 3 aromatic carbocycles. The molecule has 0 bridgehead atoms. The number of rotatable bonds is 4. The normalized spacial score (nSPS) is 18.6. The highest BCUT2D eigenvalue weighted by Gasteiger charge is 2.41. The number of methoxy groups -OCH3 is 1. The van der Waals surface area contributed by atoms with E-state index in [1.54, 1.807) is 7.11 Å². The quantitative estimate of drug-likeness (QED) is 0.281. The maximum Gasteiger partial charge on any atom is 0.175 e. The monoisotopic (exact) mass is 563 g/mol. The summed E-state index contributed by atoms with van der Waals surface area (Å²) in [5.41, 5.74) is 5.09. The van der Waals surface area contributed by atoms with Gasteiger partial charge in [-0.15, -0.1) is 6.42 Å². The van der Waals surface area contributed by atoms with Crippen LogP contribution in [0, 0.1) is 21.3 Å². The summed E-state index contributed by atoms with van der Waals surface area (Å²) in [7, 11) is 1.62. The molecule has 0 saturated carbocycles. The van der Waals surface area contributed by atoms with E-state index in [4.69, 9.17) is 15.9 Å². The van der Waals surface area contributed by atoms with E-state index in [0.29, 0.717) is 17.9 Å². The summed E-state index contributed by atoms with van der Waals surface area (Å²) >= 11 is 2.24. The van der Waals surface area contributed by atoms with Gasteiger partial charge in [0.15, 0.2) is 17.3 Å². The largest absolute Gasteiger partial charge is 0.493 e. The molecule has 5 rings (SSSR count). The molecule has 0 aromatic heterocycles. The number of Topliss-reactive ketones (excluding diaryl/α,β-unsaturated/α-hetero) is 1. The van der Waals surface area contributed by atoms with Crippen molar-refractivity contribution in [1.29, 1.82) is 0 Å². The topological polar surface area (TPSA) is 47.6 Å². The third-order valence-electron chi connectivity index (χ3n) is 6.62. The van der Waals surface area contributed by atoms with Gasteiger partial charge in [-0.3, -0.25) is 4.79 Å². The highest BCUT2D eigenvalue weighted by atomic mass is 127. The molecule has 0 amide bonds. The van der Waals surface area contributed by atoms with Crippen LogP contribution in [0.3, 0.4) is 0 Å². The van der Waals surface area contributed by atoms with Crippen molar-refractivity contribution in [2.24, 2.45) is 5.41 Å².